The van der Waals surface area contributed by atoms with Gasteiger partial charge in [0.2, 0.25) is 10.0 Å². The second kappa shape index (κ2) is 7.07. The summed E-state index contributed by atoms with van der Waals surface area (Å²) >= 11 is 7.65. The normalized spacial score (nSPS) is 11.6. The molecule has 1 N–H and O–H groups in total. The van der Waals surface area contributed by atoms with Gasteiger partial charge in [0.1, 0.15) is 0 Å². The van der Waals surface area contributed by atoms with E-state index in [9.17, 15) is 8.42 Å². The highest BCUT2D eigenvalue weighted by atomic mass is 35.5. The molecule has 0 aliphatic carbocycles. The van der Waals surface area contributed by atoms with E-state index in [1.54, 1.807) is 36.5 Å². The first-order valence-electron chi connectivity index (χ1n) is 7.34. The molecule has 1 heterocycles. The maximum atomic E-state index is 12.6. The van der Waals surface area contributed by atoms with E-state index >= 15 is 0 Å². The predicted molar refractivity (Wildman–Crippen MR) is 100.0 cm³/mol. The van der Waals surface area contributed by atoms with Crippen molar-refractivity contribution in [1.29, 1.82) is 0 Å². The van der Waals surface area contributed by atoms with Crippen molar-refractivity contribution in [3.8, 4) is 11.1 Å². The van der Waals surface area contributed by atoms with E-state index in [2.05, 4.69) is 10.1 Å². The van der Waals surface area contributed by atoms with Crippen LogP contribution in [0, 0.1) is 6.92 Å². The maximum Gasteiger partial charge on any atom is 0.241 e. The highest BCUT2D eigenvalue weighted by Gasteiger charge is 2.18. The fourth-order valence-electron chi connectivity index (χ4n) is 2.50. The van der Waals surface area contributed by atoms with Crippen molar-refractivity contribution in [2.75, 3.05) is 0 Å². The van der Waals surface area contributed by atoms with Crippen LogP contribution in [-0.2, 0) is 16.6 Å². The van der Waals surface area contributed by atoms with Crippen molar-refractivity contribution >= 4 is 33.0 Å². The molecule has 124 valence electrons. The Morgan fingerprint density at radius 1 is 1.08 bits per heavy atom. The molecule has 0 spiro atoms. The molecule has 0 unspecified atom stereocenters. The molecule has 0 aliphatic rings. The highest BCUT2D eigenvalue weighted by Crippen LogP contribution is 2.27. The number of benzene rings is 2. The largest absolute Gasteiger partial charge is 0.241 e. The Balaban J connectivity index is 1.88. The monoisotopic (exact) mass is 377 g/mol. The molecule has 3 rings (SSSR count). The number of hydrogen-bond acceptors (Lipinski definition) is 3. The molecule has 0 saturated carbocycles. The van der Waals surface area contributed by atoms with Crippen molar-refractivity contribution in [1.82, 2.24) is 4.72 Å². The van der Waals surface area contributed by atoms with Gasteiger partial charge in [-0.2, -0.15) is 11.3 Å². The third-order valence-corrected chi connectivity index (χ3v) is 6.45. The van der Waals surface area contributed by atoms with E-state index in [1.165, 1.54) is 0 Å². The van der Waals surface area contributed by atoms with Gasteiger partial charge in [-0.1, -0.05) is 41.9 Å². The number of sulfonamides is 1. The fourth-order valence-corrected chi connectivity index (χ4v) is 4.66. The molecule has 3 aromatic rings. The Kier molecular flexibility index (Phi) is 5.06. The van der Waals surface area contributed by atoms with Crippen molar-refractivity contribution in [2.24, 2.45) is 0 Å². The van der Waals surface area contributed by atoms with Crippen LogP contribution in [0.1, 0.15) is 11.1 Å². The molecule has 0 aliphatic heterocycles. The van der Waals surface area contributed by atoms with Gasteiger partial charge in [0.25, 0.3) is 0 Å². The van der Waals surface area contributed by atoms with Gasteiger partial charge >= 0.3 is 0 Å². The van der Waals surface area contributed by atoms with Crippen LogP contribution in [0.15, 0.2) is 64.2 Å². The van der Waals surface area contributed by atoms with Crippen LogP contribution in [0.5, 0.6) is 0 Å². The molecule has 2 aromatic carbocycles. The third-order valence-electron chi connectivity index (χ3n) is 3.81. The van der Waals surface area contributed by atoms with Gasteiger partial charge in [-0.05, 0) is 58.1 Å². The molecule has 0 radical (unpaired) electrons. The average Bonchev–Trinajstić information content (AvgIpc) is 3.10. The standard InChI is InChI=1S/C18H16ClNO2S2/c1-13-17(19)7-4-8-18(13)24(21,22)20-11-14-5-2-3-6-16(14)15-9-10-23-12-15/h2-10,12,20H,11H2,1H3. The molecule has 0 atom stereocenters. The van der Waals surface area contributed by atoms with Crippen LogP contribution in [0.2, 0.25) is 5.02 Å². The van der Waals surface area contributed by atoms with Crippen molar-refractivity contribution in [2.45, 2.75) is 18.4 Å². The Morgan fingerprint density at radius 3 is 2.62 bits per heavy atom. The minimum atomic E-state index is -3.63. The van der Waals surface area contributed by atoms with Gasteiger partial charge in [0.15, 0.2) is 0 Å². The molecular weight excluding hydrogens is 362 g/mol. The Labute approximate surface area is 151 Å². The number of nitrogens with one attached hydrogen (secondary N) is 1. The summed E-state index contributed by atoms with van der Waals surface area (Å²) in [4.78, 5) is 0.211. The lowest BCUT2D eigenvalue weighted by Gasteiger charge is -2.12. The van der Waals surface area contributed by atoms with Crippen LogP contribution in [0.25, 0.3) is 11.1 Å². The smallest absolute Gasteiger partial charge is 0.207 e. The second-order valence-electron chi connectivity index (χ2n) is 5.36. The first kappa shape index (κ1) is 17.2. The molecule has 1 aromatic heterocycles. The summed E-state index contributed by atoms with van der Waals surface area (Å²) in [6.45, 7) is 1.93. The van der Waals surface area contributed by atoms with E-state index < -0.39 is 10.0 Å². The van der Waals surface area contributed by atoms with Gasteiger partial charge < -0.3 is 0 Å². The van der Waals surface area contributed by atoms with E-state index in [0.717, 1.165) is 16.7 Å². The Hall–Kier alpha value is -1.66. The molecule has 24 heavy (non-hydrogen) atoms. The Morgan fingerprint density at radius 2 is 1.88 bits per heavy atom. The SMILES string of the molecule is Cc1c(Cl)cccc1S(=O)(=O)NCc1ccccc1-c1ccsc1. The number of rotatable bonds is 5. The minimum Gasteiger partial charge on any atom is -0.207 e. The second-order valence-corrected chi connectivity index (χ2v) is 8.28. The molecule has 0 amide bonds. The van der Waals surface area contributed by atoms with E-state index in [4.69, 9.17) is 11.6 Å². The fraction of sp³-hybridized carbons (Fsp3) is 0.111. The van der Waals surface area contributed by atoms with Crippen molar-refractivity contribution < 1.29 is 8.42 Å². The third kappa shape index (κ3) is 3.54. The topological polar surface area (TPSA) is 46.2 Å². The molecule has 0 saturated heterocycles. The summed E-state index contributed by atoms with van der Waals surface area (Å²) in [5.41, 5.74) is 3.61. The van der Waals surface area contributed by atoms with Gasteiger partial charge in [-0.15, -0.1) is 0 Å². The van der Waals surface area contributed by atoms with Crippen LogP contribution in [0.4, 0.5) is 0 Å². The molecular formula is C18H16ClNO2S2. The van der Waals surface area contributed by atoms with Crippen LogP contribution >= 0.6 is 22.9 Å². The van der Waals surface area contributed by atoms with E-state index in [-0.39, 0.29) is 11.4 Å². The van der Waals surface area contributed by atoms with Crippen LogP contribution in [0.3, 0.4) is 0 Å². The van der Waals surface area contributed by atoms with Gasteiger partial charge in [-0.25, -0.2) is 13.1 Å². The molecule has 6 heteroatoms. The summed E-state index contributed by atoms with van der Waals surface area (Å²) in [5.74, 6) is 0. The molecule has 0 fully saturated rings. The lowest BCUT2D eigenvalue weighted by atomic mass is 10.0. The van der Waals surface area contributed by atoms with E-state index in [0.29, 0.717) is 10.6 Å². The zero-order chi connectivity index (χ0) is 17.2. The van der Waals surface area contributed by atoms with Gasteiger partial charge in [0, 0.05) is 11.6 Å². The summed E-state index contributed by atoms with van der Waals surface area (Å²) in [7, 11) is -3.63. The molecule has 3 nitrogen and oxygen atoms in total. The quantitative estimate of drug-likeness (QED) is 0.690. The summed E-state index contributed by atoms with van der Waals surface area (Å²) < 4.78 is 27.9. The molecule has 0 bridgehead atoms. The lowest BCUT2D eigenvalue weighted by molar-refractivity contribution is 0.581. The van der Waals surface area contributed by atoms with Gasteiger partial charge in [-0.3, -0.25) is 0 Å². The average molecular weight is 378 g/mol. The zero-order valence-corrected chi connectivity index (χ0v) is 15.4. The number of hydrogen-bond donors (Lipinski definition) is 1. The first-order chi connectivity index (χ1) is 11.5. The Bertz CT molecular complexity index is 951. The minimum absolute atomic E-state index is 0.211. The number of thiophene rings is 1. The van der Waals surface area contributed by atoms with Crippen LogP contribution in [-0.4, -0.2) is 8.42 Å². The van der Waals surface area contributed by atoms with Crippen molar-refractivity contribution in [3.63, 3.8) is 0 Å². The summed E-state index contributed by atoms with van der Waals surface area (Å²) in [6.07, 6.45) is 0. The van der Waals surface area contributed by atoms with E-state index in [1.807, 2.05) is 35.7 Å². The van der Waals surface area contributed by atoms with Gasteiger partial charge in [0.05, 0.1) is 4.90 Å². The summed E-state index contributed by atoms with van der Waals surface area (Å²) in [5, 5.41) is 4.50. The van der Waals surface area contributed by atoms with Crippen LogP contribution < -0.4 is 4.72 Å². The lowest BCUT2D eigenvalue weighted by Crippen LogP contribution is -2.24. The maximum absolute atomic E-state index is 12.6. The van der Waals surface area contributed by atoms with Crippen molar-refractivity contribution in [3.05, 3.63) is 75.4 Å². The first-order valence-corrected chi connectivity index (χ1v) is 10.1. The predicted octanol–water partition coefficient (Wildman–Crippen LogP) is 4.86. The highest BCUT2D eigenvalue weighted by molar-refractivity contribution is 7.89. The summed E-state index contributed by atoms with van der Waals surface area (Å²) in [6, 6.07) is 14.7. The number of halogens is 1. The zero-order valence-electron chi connectivity index (χ0n) is 13.0.